The van der Waals surface area contributed by atoms with E-state index < -0.39 is 0 Å². The molecule has 0 bridgehead atoms. The Morgan fingerprint density at radius 1 is 1.00 bits per heavy atom. The van der Waals surface area contributed by atoms with Crippen LogP contribution in [0.25, 0.3) is 0 Å². The summed E-state index contributed by atoms with van der Waals surface area (Å²) in [5.41, 5.74) is 2.63. The Labute approximate surface area is 197 Å². The Balaban J connectivity index is 1.36. The predicted molar refractivity (Wildman–Crippen MR) is 135 cm³/mol. The molecule has 33 heavy (non-hydrogen) atoms. The van der Waals surface area contributed by atoms with Gasteiger partial charge < -0.3 is 15.2 Å². The average Bonchev–Trinajstić information content (AvgIpc) is 3.53. The van der Waals surface area contributed by atoms with Crippen LogP contribution in [0, 0.1) is 0 Å². The van der Waals surface area contributed by atoms with E-state index in [1.165, 1.54) is 24.0 Å². The number of hydrogen-bond acceptors (Lipinski definition) is 3. The number of nitrogens with zero attached hydrogens (tertiary/aromatic N) is 4. The molecule has 2 aromatic carbocycles. The molecular weight excluding hydrogens is 408 g/mol. The number of hydrogen-bond donors (Lipinski definition) is 2. The minimum Gasteiger partial charge on any atom is -0.357 e. The Bertz CT molecular complexity index is 976. The summed E-state index contributed by atoms with van der Waals surface area (Å²) in [5, 5.41) is 6.92. The molecule has 3 aromatic rings. The maximum absolute atomic E-state index is 4.97. The van der Waals surface area contributed by atoms with Gasteiger partial charge in [0.15, 0.2) is 5.96 Å². The Kier molecular flexibility index (Phi) is 8.53. The lowest BCUT2D eigenvalue weighted by Crippen LogP contribution is -2.39. The fourth-order valence-corrected chi connectivity index (χ4v) is 4.46. The SMILES string of the molecule is CCNC(=NCC(c1ccccc1)N1CCCC1)NCCc1nccn1Cc1ccccc1. The van der Waals surface area contributed by atoms with Crippen molar-refractivity contribution < 1.29 is 0 Å². The normalized spacial score (nSPS) is 15.5. The summed E-state index contributed by atoms with van der Waals surface area (Å²) >= 11 is 0. The van der Waals surface area contributed by atoms with E-state index in [2.05, 4.69) is 98.9 Å². The summed E-state index contributed by atoms with van der Waals surface area (Å²) < 4.78 is 2.22. The van der Waals surface area contributed by atoms with E-state index in [9.17, 15) is 0 Å². The first-order chi connectivity index (χ1) is 16.3. The van der Waals surface area contributed by atoms with Crippen LogP contribution in [-0.4, -0.2) is 53.1 Å². The van der Waals surface area contributed by atoms with Crippen LogP contribution in [0.4, 0.5) is 0 Å². The molecule has 1 aromatic heterocycles. The van der Waals surface area contributed by atoms with Crippen molar-refractivity contribution in [2.24, 2.45) is 4.99 Å². The van der Waals surface area contributed by atoms with Gasteiger partial charge in [-0.25, -0.2) is 4.98 Å². The van der Waals surface area contributed by atoms with Gasteiger partial charge in [0.2, 0.25) is 0 Å². The van der Waals surface area contributed by atoms with Crippen molar-refractivity contribution in [1.82, 2.24) is 25.1 Å². The first-order valence-electron chi connectivity index (χ1n) is 12.2. The first kappa shape index (κ1) is 23.1. The molecule has 1 saturated heterocycles. The van der Waals surface area contributed by atoms with Crippen LogP contribution in [0.3, 0.4) is 0 Å². The van der Waals surface area contributed by atoms with Gasteiger partial charge in [-0.15, -0.1) is 0 Å². The smallest absolute Gasteiger partial charge is 0.191 e. The molecule has 1 unspecified atom stereocenters. The number of likely N-dealkylation sites (tertiary alicyclic amines) is 1. The molecule has 1 atom stereocenters. The third-order valence-electron chi connectivity index (χ3n) is 6.17. The third kappa shape index (κ3) is 6.68. The number of benzene rings is 2. The van der Waals surface area contributed by atoms with Crippen LogP contribution in [0.2, 0.25) is 0 Å². The van der Waals surface area contributed by atoms with E-state index in [0.29, 0.717) is 6.04 Å². The van der Waals surface area contributed by atoms with Crippen molar-refractivity contribution in [3.63, 3.8) is 0 Å². The number of aliphatic imine (C=N–C) groups is 1. The highest BCUT2D eigenvalue weighted by atomic mass is 15.2. The zero-order valence-electron chi connectivity index (χ0n) is 19.7. The summed E-state index contributed by atoms with van der Waals surface area (Å²) in [5.74, 6) is 1.96. The van der Waals surface area contributed by atoms with E-state index in [0.717, 1.165) is 57.5 Å². The molecule has 0 radical (unpaired) electrons. The second-order valence-corrected chi connectivity index (χ2v) is 8.52. The van der Waals surface area contributed by atoms with Gasteiger partial charge in [-0.3, -0.25) is 9.89 Å². The first-order valence-corrected chi connectivity index (χ1v) is 12.2. The van der Waals surface area contributed by atoms with Crippen molar-refractivity contribution in [2.75, 3.05) is 32.7 Å². The molecule has 2 heterocycles. The van der Waals surface area contributed by atoms with Gasteiger partial charge in [0, 0.05) is 38.4 Å². The molecule has 174 valence electrons. The fraction of sp³-hybridized carbons (Fsp3) is 0.407. The van der Waals surface area contributed by atoms with Gasteiger partial charge in [-0.2, -0.15) is 0 Å². The lowest BCUT2D eigenvalue weighted by atomic mass is 10.1. The minimum atomic E-state index is 0.328. The van der Waals surface area contributed by atoms with Gasteiger partial charge in [0.1, 0.15) is 5.82 Å². The van der Waals surface area contributed by atoms with E-state index in [4.69, 9.17) is 4.99 Å². The summed E-state index contributed by atoms with van der Waals surface area (Å²) in [6.45, 7) is 7.65. The van der Waals surface area contributed by atoms with Crippen molar-refractivity contribution in [2.45, 2.75) is 38.8 Å². The van der Waals surface area contributed by atoms with Crippen LogP contribution in [0.1, 0.15) is 42.8 Å². The van der Waals surface area contributed by atoms with Gasteiger partial charge in [0.05, 0.1) is 12.6 Å². The molecule has 1 fully saturated rings. The summed E-state index contributed by atoms with van der Waals surface area (Å²) in [6, 6.07) is 21.6. The molecule has 0 saturated carbocycles. The summed E-state index contributed by atoms with van der Waals surface area (Å²) in [6.07, 6.45) is 7.35. The molecular formula is C27H36N6. The zero-order chi connectivity index (χ0) is 22.7. The molecule has 0 aliphatic carbocycles. The lowest BCUT2D eigenvalue weighted by molar-refractivity contribution is 0.251. The van der Waals surface area contributed by atoms with Gasteiger partial charge in [-0.05, 0) is 44.0 Å². The van der Waals surface area contributed by atoms with Crippen molar-refractivity contribution in [3.05, 3.63) is 90.0 Å². The molecule has 6 heteroatoms. The largest absolute Gasteiger partial charge is 0.357 e. The number of nitrogens with one attached hydrogen (secondary N) is 2. The van der Waals surface area contributed by atoms with Crippen molar-refractivity contribution in [1.29, 1.82) is 0 Å². The van der Waals surface area contributed by atoms with Crippen LogP contribution in [0.5, 0.6) is 0 Å². The standard InChI is InChI=1S/C27H36N6/c1-2-28-27(31-21-25(32-18-9-10-19-32)24-13-7-4-8-14-24)30-16-15-26-29-17-20-33(26)22-23-11-5-3-6-12-23/h3-8,11-14,17,20,25H,2,9-10,15-16,18-19,21-22H2,1H3,(H2,28,30,31). The Morgan fingerprint density at radius 2 is 1.73 bits per heavy atom. The topological polar surface area (TPSA) is 57.5 Å². The molecule has 1 aliphatic heterocycles. The number of rotatable bonds is 10. The quantitative estimate of drug-likeness (QED) is 0.368. The molecule has 2 N–H and O–H groups in total. The predicted octanol–water partition coefficient (Wildman–Crippen LogP) is 3.87. The second-order valence-electron chi connectivity index (χ2n) is 8.52. The lowest BCUT2D eigenvalue weighted by Gasteiger charge is -2.27. The van der Waals surface area contributed by atoms with E-state index in [1.807, 2.05) is 6.20 Å². The highest BCUT2D eigenvalue weighted by molar-refractivity contribution is 5.79. The second kappa shape index (κ2) is 12.2. The molecule has 6 nitrogen and oxygen atoms in total. The van der Waals surface area contributed by atoms with Crippen LogP contribution < -0.4 is 10.6 Å². The van der Waals surface area contributed by atoms with E-state index >= 15 is 0 Å². The van der Waals surface area contributed by atoms with Crippen molar-refractivity contribution >= 4 is 5.96 Å². The highest BCUT2D eigenvalue weighted by Crippen LogP contribution is 2.25. The Hall–Kier alpha value is -3.12. The third-order valence-corrected chi connectivity index (χ3v) is 6.17. The van der Waals surface area contributed by atoms with E-state index in [1.54, 1.807) is 0 Å². The molecule has 0 spiro atoms. The molecule has 4 rings (SSSR count). The van der Waals surface area contributed by atoms with Gasteiger partial charge in [0.25, 0.3) is 0 Å². The summed E-state index contributed by atoms with van der Waals surface area (Å²) in [4.78, 5) is 12.1. The van der Waals surface area contributed by atoms with Crippen LogP contribution >= 0.6 is 0 Å². The summed E-state index contributed by atoms with van der Waals surface area (Å²) in [7, 11) is 0. The maximum Gasteiger partial charge on any atom is 0.191 e. The van der Waals surface area contributed by atoms with Gasteiger partial charge >= 0.3 is 0 Å². The Morgan fingerprint density at radius 3 is 2.45 bits per heavy atom. The average molecular weight is 445 g/mol. The maximum atomic E-state index is 4.97. The molecule has 1 aliphatic rings. The minimum absolute atomic E-state index is 0.328. The van der Waals surface area contributed by atoms with Gasteiger partial charge in [-0.1, -0.05) is 60.7 Å². The van der Waals surface area contributed by atoms with Crippen molar-refractivity contribution in [3.8, 4) is 0 Å². The van der Waals surface area contributed by atoms with Crippen LogP contribution in [0.15, 0.2) is 78.0 Å². The number of imidazole rings is 1. The van der Waals surface area contributed by atoms with Crippen LogP contribution in [-0.2, 0) is 13.0 Å². The molecule has 0 amide bonds. The zero-order valence-corrected chi connectivity index (χ0v) is 19.7. The monoisotopic (exact) mass is 444 g/mol. The van der Waals surface area contributed by atoms with E-state index in [-0.39, 0.29) is 0 Å². The fourth-order valence-electron chi connectivity index (χ4n) is 4.46. The number of guanidine groups is 1. The highest BCUT2D eigenvalue weighted by Gasteiger charge is 2.23. The number of aromatic nitrogens is 2.